The molecule has 1 saturated heterocycles. The van der Waals surface area contributed by atoms with Crippen molar-refractivity contribution < 1.29 is 52.4 Å². The van der Waals surface area contributed by atoms with Gasteiger partial charge in [-0.1, -0.05) is 38.1 Å². The molecule has 1 aromatic rings. The number of benzene rings is 1. The molecule has 1 N–H and O–H groups in total. The Morgan fingerprint density at radius 2 is 1.43 bits per heavy atom. The summed E-state index contributed by atoms with van der Waals surface area (Å²) in [6.07, 6.45) is -1.36. The van der Waals surface area contributed by atoms with E-state index in [0.29, 0.717) is 32.0 Å². The van der Waals surface area contributed by atoms with Gasteiger partial charge in [-0.05, 0) is 103 Å². The molecular weight excluding hydrogens is 663 g/mol. The van der Waals surface area contributed by atoms with Crippen LogP contribution in [0.25, 0.3) is 0 Å². The zero-order chi connectivity index (χ0) is 38.7. The molecule has 13 heteroatoms. The highest BCUT2D eigenvalue weighted by atomic mass is 19.1. The Morgan fingerprint density at radius 1 is 0.863 bits per heavy atom. The summed E-state index contributed by atoms with van der Waals surface area (Å²) in [6.45, 7) is 14.0. The molecule has 0 saturated carbocycles. The first-order valence-corrected chi connectivity index (χ1v) is 17.8. The fourth-order valence-corrected chi connectivity index (χ4v) is 5.68. The van der Waals surface area contributed by atoms with Crippen LogP contribution in [0.2, 0.25) is 0 Å². The summed E-state index contributed by atoms with van der Waals surface area (Å²) in [7, 11) is 2.68. The van der Waals surface area contributed by atoms with Gasteiger partial charge in [0.25, 0.3) is 5.91 Å². The molecule has 0 bridgehead atoms. The zero-order valence-electron chi connectivity index (χ0n) is 32.0. The number of aryl methyl sites for hydroxylation is 1. The van der Waals surface area contributed by atoms with E-state index in [2.05, 4.69) is 0 Å². The molecular formula is C38H59FN2O10. The lowest BCUT2D eigenvalue weighted by atomic mass is 9.90. The van der Waals surface area contributed by atoms with Crippen molar-refractivity contribution in [2.75, 3.05) is 27.3 Å². The molecule has 2 amide bonds. The van der Waals surface area contributed by atoms with Crippen molar-refractivity contribution in [3.05, 3.63) is 35.4 Å². The maximum absolute atomic E-state index is 15.1. The van der Waals surface area contributed by atoms with Crippen LogP contribution in [0.15, 0.2) is 24.3 Å². The summed E-state index contributed by atoms with van der Waals surface area (Å²) in [4.78, 5) is 67.8. The Bertz CT molecular complexity index is 1320. The second kappa shape index (κ2) is 19.2. The molecule has 1 aliphatic rings. The first-order chi connectivity index (χ1) is 23.6. The molecule has 2 rings (SSSR count). The lowest BCUT2D eigenvalue weighted by molar-refractivity contribution is -0.172. The number of halogens is 1. The average molecular weight is 723 g/mol. The Labute approximate surface area is 302 Å². The van der Waals surface area contributed by atoms with E-state index in [1.54, 1.807) is 20.8 Å². The van der Waals surface area contributed by atoms with Crippen molar-refractivity contribution in [3.8, 4) is 0 Å². The standard InChI is InChI=1S/C38H59FN2O10/c1-24(2)11-17-29(34(45)49-25(3)33(43)44)40(9)32(42)31(18-14-26-12-15-27(16-13-26)28-19-21-48-22-20-28)50-35(46)30(23-38(7,8)39)41(10)36(47)51-37(4,5)6/h12-13,15-16,24-25,28-31H,11,14,17-23H2,1-10H3,(H,43,44)/t25-,29+,30+,31-/m1/s1. The topological polar surface area (TPSA) is 149 Å². The number of carboxylic acid groups (broad SMARTS) is 1. The summed E-state index contributed by atoms with van der Waals surface area (Å²) in [5.41, 5.74) is -0.746. The number of aliphatic carboxylic acids is 1. The molecule has 0 spiro atoms. The van der Waals surface area contributed by atoms with Gasteiger partial charge in [0, 0.05) is 33.7 Å². The van der Waals surface area contributed by atoms with Crippen LogP contribution in [-0.2, 0) is 44.5 Å². The fraction of sp³-hybridized carbons (Fsp3) is 0.711. The molecule has 0 unspecified atom stereocenters. The summed E-state index contributed by atoms with van der Waals surface area (Å²) in [5.74, 6) is -3.46. The normalized spacial score (nSPS) is 16.4. The van der Waals surface area contributed by atoms with E-state index >= 15 is 4.39 Å². The smallest absolute Gasteiger partial charge is 0.410 e. The van der Waals surface area contributed by atoms with Crippen LogP contribution in [-0.4, -0.2) is 108 Å². The molecule has 0 aromatic heterocycles. The molecule has 1 heterocycles. The first-order valence-electron chi connectivity index (χ1n) is 17.8. The van der Waals surface area contributed by atoms with E-state index in [1.165, 1.54) is 40.4 Å². The fourth-order valence-electron chi connectivity index (χ4n) is 5.68. The minimum Gasteiger partial charge on any atom is -0.479 e. The number of ether oxygens (including phenoxy) is 4. The summed E-state index contributed by atoms with van der Waals surface area (Å²) >= 11 is 0. The van der Waals surface area contributed by atoms with Crippen molar-refractivity contribution in [2.45, 2.75) is 142 Å². The molecule has 4 atom stereocenters. The molecule has 51 heavy (non-hydrogen) atoms. The third-order valence-corrected chi connectivity index (χ3v) is 8.75. The third kappa shape index (κ3) is 14.8. The number of rotatable bonds is 17. The maximum atomic E-state index is 15.1. The summed E-state index contributed by atoms with van der Waals surface area (Å²) in [6, 6.07) is 5.37. The Hall–Kier alpha value is -3.74. The minimum absolute atomic E-state index is 0.00486. The quantitative estimate of drug-likeness (QED) is 0.148. The van der Waals surface area contributed by atoms with E-state index in [9.17, 15) is 29.1 Å². The van der Waals surface area contributed by atoms with Gasteiger partial charge in [0.15, 0.2) is 12.2 Å². The van der Waals surface area contributed by atoms with Gasteiger partial charge in [-0.25, -0.2) is 23.6 Å². The Kier molecular flexibility index (Phi) is 16.3. The second-order valence-corrected chi connectivity index (χ2v) is 15.5. The van der Waals surface area contributed by atoms with Crippen LogP contribution < -0.4 is 0 Å². The van der Waals surface area contributed by atoms with E-state index in [1.807, 2.05) is 38.1 Å². The van der Waals surface area contributed by atoms with Crippen molar-refractivity contribution in [2.24, 2.45) is 5.92 Å². The Balaban J connectivity index is 2.44. The molecule has 1 aliphatic heterocycles. The van der Waals surface area contributed by atoms with E-state index in [4.69, 9.17) is 18.9 Å². The number of amides is 2. The average Bonchev–Trinajstić information content (AvgIpc) is 3.04. The van der Waals surface area contributed by atoms with Gasteiger partial charge < -0.3 is 29.0 Å². The van der Waals surface area contributed by atoms with Gasteiger partial charge in [0.05, 0.1) is 0 Å². The minimum atomic E-state index is -1.91. The Morgan fingerprint density at radius 3 is 1.94 bits per heavy atom. The molecule has 0 radical (unpaired) electrons. The predicted molar refractivity (Wildman–Crippen MR) is 189 cm³/mol. The van der Waals surface area contributed by atoms with Crippen LogP contribution in [0.1, 0.15) is 111 Å². The van der Waals surface area contributed by atoms with Crippen LogP contribution in [0.3, 0.4) is 0 Å². The monoisotopic (exact) mass is 722 g/mol. The van der Waals surface area contributed by atoms with E-state index in [-0.39, 0.29) is 18.8 Å². The maximum Gasteiger partial charge on any atom is 0.410 e. The predicted octanol–water partition coefficient (Wildman–Crippen LogP) is 6.08. The highest BCUT2D eigenvalue weighted by molar-refractivity contribution is 5.90. The second-order valence-electron chi connectivity index (χ2n) is 15.5. The highest BCUT2D eigenvalue weighted by Gasteiger charge is 2.40. The van der Waals surface area contributed by atoms with Gasteiger partial charge in [-0.2, -0.15) is 0 Å². The molecule has 288 valence electrons. The first kappa shape index (κ1) is 43.4. The van der Waals surface area contributed by atoms with Crippen LogP contribution in [0, 0.1) is 5.92 Å². The summed E-state index contributed by atoms with van der Waals surface area (Å²) < 4.78 is 37.0. The highest BCUT2D eigenvalue weighted by Crippen LogP contribution is 2.28. The molecule has 12 nitrogen and oxygen atoms in total. The molecule has 1 aromatic carbocycles. The number of likely N-dealkylation sites (N-methyl/N-ethyl adjacent to an activating group) is 2. The lowest BCUT2D eigenvalue weighted by Crippen LogP contribution is -2.52. The number of hydrogen-bond donors (Lipinski definition) is 1. The van der Waals surface area contributed by atoms with Gasteiger partial charge in [0.1, 0.15) is 23.4 Å². The lowest BCUT2D eigenvalue weighted by Gasteiger charge is -2.34. The van der Waals surface area contributed by atoms with Gasteiger partial charge in [-0.3, -0.25) is 9.69 Å². The number of carbonyl (C=O) groups excluding carboxylic acids is 4. The van der Waals surface area contributed by atoms with Crippen LogP contribution >= 0.6 is 0 Å². The molecule has 1 fully saturated rings. The van der Waals surface area contributed by atoms with Crippen molar-refractivity contribution in [1.29, 1.82) is 0 Å². The number of nitrogens with zero attached hydrogens (tertiary/aromatic N) is 2. The van der Waals surface area contributed by atoms with Gasteiger partial charge >= 0.3 is 24.0 Å². The zero-order valence-corrected chi connectivity index (χ0v) is 32.0. The number of esters is 2. The van der Waals surface area contributed by atoms with E-state index in [0.717, 1.165) is 28.2 Å². The molecule has 0 aliphatic carbocycles. The van der Waals surface area contributed by atoms with Gasteiger partial charge in [0.2, 0.25) is 0 Å². The van der Waals surface area contributed by atoms with Crippen LogP contribution in [0.5, 0.6) is 0 Å². The van der Waals surface area contributed by atoms with Crippen molar-refractivity contribution in [3.63, 3.8) is 0 Å². The number of alkyl halides is 1. The SMILES string of the molecule is CC(C)CC[C@@H](C(=O)O[C@H](C)C(=O)O)N(C)C(=O)[C@@H](CCc1ccc(C2CCOCC2)cc1)OC(=O)[C@H](CC(C)(C)F)N(C)C(=O)OC(C)(C)C. The van der Waals surface area contributed by atoms with Crippen molar-refractivity contribution >= 4 is 29.9 Å². The third-order valence-electron chi connectivity index (χ3n) is 8.75. The van der Waals surface area contributed by atoms with Gasteiger partial charge in [-0.15, -0.1) is 0 Å². The van der Waals surface area contributed by atoms with Crippen LogP contribution in [0.4, 0.5) is 9.18 Å². The van der Waals surface area contributed by atoms with E-state index < -0.39 is 71.9 Å². The summed E-state index contributed by atoms with van der Waals surface area (Å²) in [5, 5.41) is 9.33. The number of carboxylic acids is 1. The van der Waals surface area contributed by atoms with Crippen molar-refractivity contribution in [1.82, 2.24) is 9.80 Å². The number of hydrogen-bond acceptors (Lipinski definition) is 9. The number of carbonyl (C=O) groups is 5. The largest absolute Gasteiger partial charge is 0.479 e.